The molecule has 0 atom stereocenters. The van der Waals surface area contributed by atoms with Crippen LogP contribution in [-0.4, -0.2) is 7.11 Å². The Morgan fingerprint density at radius 1 is 1.00 bits per heavy atom. The molecule has 0 aliphatic rings. The van der Waals surface area contributed by atoms with Gasteiger partial charge in [0.05, 0.1) is 7.11 Å². The summed E-state index contributed by atoms with van der Waals surface area (Å²) in [5, 5.41) is 0.354. The molecule has 20 heavy (non-hydrogen) atoms. The second-order valence-electron chi connectivity index (χ2n) is 4.54. The van der Waals surface area contributed by atoms with Crippen LogP contribution in [0.25, 0.3) is 0 Å². The lowest BCUT2D eigenvalue weighted by Gasteiger charge is -2.07. The molecule has 0 radical (unpaired) electrons. The summed E-state index contributed by atoms with van der Waals surface area (Å²) in [6, 6.07) is 12.3. The SMILES string of the molecule is COc1ccc(CCc2cc(Cl)cc(C(F)F)c2)cc1. The highest BCUT2D eigenvalue weighted by atomic mass is 35.5. The Morgan fingerprint density at radius 2 is 1.65 bits per heavy atom. The van der Waals surface area contributed by atoms with Gasteiger partial charge in [-0.25, -0.2) is 8.78 Å². The van der Waals surface area contributed by atoms with E-state index < -0.39 is 6.43 Å². The van der Waals surface area contributed by atoms with Crippen LogP contribution in [0.5, 0.6) is 5.75 Å². The molecule has 0 saturated heterocycles. The van der Waals surface area contributed by atoms with Crippen molar-refractivity contribution in [2.45, 2.75) is 19.3 Å². The number of ether oxygens (including phenoxy) is 1. The third-order valence-electron chi connectivity index (χ3n) is 3.09. The maximum Gasteiger partial charge on any atom is 0.263 e. The minimum Gasteiger partial charge on any atom is -0.497 e. The first-order valence-electron chi connectivity index (χ1n) is 6.29. The second-order valence-corrected chi connectivity index (χ2v) is 4.98. The van der Waals surface area contributed by atoms with E-state index in [9.17, 15) is 8.78 Å². The highest BCUT2D eigenvalue weighted by Crippen LogP contribution is 2.25. The molecule has 0 bridgehead atoms. The van der Waals surface area contributed by atoms with Crippen molar-refractivity contribution in [3.63, 3.8) is 0 Å². The Hall–Kier alpha value is -1.61. The van der Waals surface area contributed by atoms with Gasteiger partial charge in [-0.3, -0.25) is 0 Å². The fourth-order valence-electron chi connectivity index (χ4n) is 2.03. The topological polar surface area (TPSA) is 9.23 Å². The summed E-state index contributed by atoms with van der Waals surface area (Å²) < 4.78 is 30.5. The lowest BCUT2D eigenvalue weighted by atomic mass is 10.0. The van der Waals surface area contributed by atoms with Crippen molar-refractivity contribution >= 4 is 11.6 Å². The number of rotatable bonds is 5. The van der Waals surface area contributed by atoms with Crippen molar-refractivity contribution in [2.75, 3.05) is 7.11 Å². The fraction of sp³-hybridized carbons (Fsp3) is 0.250. The predicted octanol–water partition coefficient (Wildman–Crippen LogP) is 5.07. The molecule has 0 aliphatic heterocycles. The van der Waals surface area contributed by atoms with Crippen LogP contribution in [0.4, 0.5) is 8.78 Å². The van der Waals surface area contributed by atoms with Crippen LogP contribution in [0.3, 0.4) is 0 Å². The van der Waals surface area contributed by atoms with Gasteiger partial charge in [-0.15, -0.1) is 0 Å². The molecule has 0 N–H and O–H groups in total. The fourth-order valence-corrected chi connectivity index (χ4v) is 2.29. The molecule has 2 aromatic rings. The van der Waals surface area contributed by atoms with E-state index in [0.717, 1.165) is 23.3 Å². The maximum atomic E-state index is 12.7. The quantitative estimate of drug-likeness (QED) is 0.748. The van der Waals surface area contributed by atoms with Gasteiger partial charge >= 0.3 is 0 Å². The van der Waals surface area contributed by atoms with Gasteiger partial charge in [-0.2, -0.15) is 0 Å². The Bertz CT molecular complexity index is 567. The molecule has 0 fully saturated rings. The van der Waals surface area contributed by atoms with E-state index in [1.54, 1.807) is 13.2 Å². The van der Waals surface area contributed by atoms with Crippen molar-refractivity contribution < 1.29 is 13.5 Å². The molecule has 0 aromatic heterocycles. The summed E-state index contributed by atoms with van der Waals surface area (Å²) >= 11 is 5.87. The number of halogens is 3. The number of benzene rings is 2. The van der Waals surface area contributed by atoms with Gasteiger partial charge in [-0.1, -0.05) is 29.8 Å². The molecule has 1 nitrogen and oxygen atoms in total. The molecule has 2 rings (SSSR count). The van der Waals surface area contributed by atoms with E-state index >= 15 is 0 Å². The highest BCUT2D eigenvalue weighted by Gasteiger charge is 2.09. The number of hydrogen-bond acceptors (Lipinski definition) is 1. The monoisotopic (exact) mass is 296 g/mol. The molecule has 0 spiro atoms. The summed E-state index contributed by atoms with van der Waals surface area (Å²) in [7, 11) is 1.62. The zero-order chi connectivity index (χ0) is 14.5. The van der Waals surface area contributed by atoms with E-state index in [1.807, 2.05) is 24.3 Å². The average molecular weight is 297 g/mol. The highest BCUT2D eigenvalue weighted by molar-refractivity contribution is 6.30. The Morgan fingerprint density at radius 3 is 2.25 bits per heavy atom. The Kier molecular flexibility index (Phi) is 4.96. The van der Waals surface area contributed by atoms with Gasteiger partial charge in [0.25, 0.3) is 6.43 Å². The van der Waals surface area contributed by atoms with E-state index in [0.29, 0.717) is 11.4 Å². The largest absolute Gasteiger partial charge is 0.497 e. The van der Waals surface area contributed by atoms with Crippen LogP contribution in [0, 0.1) is 0 Å². The maximum absolute atomic E-state index is 12.7. The van der Waals surface area contributed by atoms with Crippen LogP contribution in [0.15, 0.2) is 42.5 Å². The number of alkyl halides is 2. The van der Waals surface area contributed by atoms with Crippen molar-refractivity contribution in [1.29, 1.82) is 0 Å². The van der Waals surface area contributed by atoms with Crippen molar-refractivity contribution in [1.82, 2.24) is 0 Å². The summed E-state index contributed by atoms with van der Waals surface area (Å²) in [6.07, 6.45) is -1.05. The van der Waals surface area contributed by atoms with Crippen LogP contribution < -0.4 is 4.74 Å². The van der Waals surface area contributed by atoms with E-state index in [1.165, 1.54) is 12.1 Å². The molecule has 0 unspecified atom stereocenters. The molecule has 0 heterocycles. The molecular formula is C16H15ClF2O. The summed E-state index contributed by atoms with van der Waals surface area (Å²) in [4.78, 5) is 0. The predicted molar refractivity (Wildman–Crippen MR) is 76.8 cm³/mol. The third-order valence-corrected chi connectivity index (χ3v) is 3.31. The third kappa shape index (κ3) is 3.94. The van der Waals surface area contributed by atoms with Gasteiger partial charge in [0.2, 0.25) is 0 Å². The van der Waals surface area contributed by atoms with E-state index in [4.69, 9.17) is 16.3 Å². The normalized spacial score (nSPS) is 10.8. The van der Waals surface area contributed by atoms with Gasteiger partial charge < -0.3 is 4.74 Å². The van der Waals surface area contributed by atoms with Gasteiger partial charge in [0, 0.05) is 10.6 Å². The molecule has 0 aliphatic carbocycles. The first-order valence-corrected chi connectivity index (χ1v) is 6.66. The number of hydrogen-bond donors (Lipinski definition) is 0. The lowest BCUT2D eigenvalue weighted by molar-refractivity contribution is 0.151. The molecule has 0 saturated carbocycles. The lowest BCUT2D eigenvalue weighted by Crippen LogP contribution is -1.94. The molecule has 4 heteroatoms. The van der Waals surface area contributed by atoms with Crippen molar-refractivity contribution in [2.24, 2.45) is 0 Å². The first-order chi connectivity index (χ1) is 9.58. The van der Waals surface area contributed by atoms with Gasteiger partial charge in [0.15, 0.2) is 0 Å². The number of methoxy groups -OCH3 is 1. The van der Waals surface area contributed by atoms with E-state index in [-0.39, 0.29) is 5.56 Å². The summed E-state index contributed by atoms with van der Waals surface area (Å²) in [6.45, 7) is 0. The standard InChI is InChI=1S/C16H15ClF2O/c1-20-15-6-4-11(5-7-15)2-3-12-8-13(16(18)19)10-14(17)9-12/h4-10,16H,2-3H2,1H3. The van der Waals surface area contributed by atoms with Crippen LogP contribution in [0.2, 0.25) is 5.02 Å². The minimum absolute atomic E-state index is 0.0257. The summed E-state index contributed by atoms with van der Waals surface area (Å²) in [5.41, 5.74) is 1.93. The Labute approximate surface area is 122 Å². The Balaban J connectivity index is 2.06. The summed E-state index contributed by atoms with van der Waals surface area (Å²) in [5.74, 6) is 0.802. The van der Waals surface area contributed by atoms with Crippen molar-refractivity contribution in [3.8, 4) is 5.75 Å². The molecule has 106 valence electrons. The minimum atomic E-state index is -2.49. The van der Waals surface area contributed by atoms with Crippen LogP contribution in [0.1, 0.15) is 23.1 Å². The average Bonchev–Trinajstić information content (AvgIpc) is 2.45. The smallest absolute Gasteiger partial charge is 0.263 e. The first kappa shape index (κ1) is 14.8. The van der Waals surface area contributed by atoms with Crippen LogP contribution in [-0.2, 0) is 12.8 Å². The number of aryl methyl sites for hydroxylation is 2. The zero-order valence-corrected chi connectivity index (χ0v) is 11.8. The van der Waals surface area contributed by atoms with Crippen LogP contribution >= 0.6 is 11.6 Å². The van der Waals surface area contributed by atoms with Gasteiger partial charge in [-0.05, 0) is 48.2 Å². The zero-order valence-electron chi connectivity index (χ0n) is 11.1. The van der Waals surface area contributed by atoms with Crippen molar-refractivity contribution in [3.05, 3.63) is 64.2 Å². The van der Waals surface area contributed by atoms with E-state index in [2.05, 4.69) is 0 Å². The molecular weight excluding hydrogens is 282 g/mol. The van der Waals surface area contributed by atoms with Gasteiger partial charge in [0.1, 0.15) is 5.75 Å². The molecule has 0 amide bonds. The molecule has 2 aromatic carbocycles. The second kappa shape index (κ2) is 6.71.